The molecular formula is C21H23N3O2. The van der Waals surface area contributed by atoms with Crippen molar-refractivity contribution in [2.45, 2.75) is 19.5 Å². The van der Waals surface area contributed by atoms with Gasteiger partial charge in [-0.25, -0.2) is 9.97 Å². The number of ether oxygens (including phenoxy) is 2. The van der Waals surface area contributed by atoms with E-state index >= 15 is 0 Å². The summed E-state index contributed by atoms with van der Waals surface area (Å²) in [5.74, 6) is 1.16. The van der Waals surface area contributed by atoms with Gasteiger partial charge >= 0.3 is 0 Å². The van der Waals surface area contributed by atoms with Gasteiger partial charge in [0.15, 0.2) is 0 Å². The molecule has 2 heterocycles. The third-order valence-corrected chi connectivity index (χ3v) is 4.27. The van der Waals surface area contributed by atoms with Gasteiger partial charge in [-0.3, -0.25) is 0 Å². The second kappa shape index (κ2) is 8.45. The zero-order valence-corrected chi connectivity index (χ0v) is 15.3. The Hall–Kier alpha value is -2.92. The number of rotatable bonds is 7. The minimum atomic E-state index is 0.254. The topological polar surface area (TPSA) is 56.3 Å². The van der Waals surface area contributed by atoms with Gasteiger partial charge in [0.05, 0.1) is 14.2 Å². The maximum atomic E-state index is 5.42. The van der Waals surface area contributed by atoms with Crippen LogP contribution >= 0.6 is 0 Å². The summed E-state index contributed by atoms with van der Waals surface area (Å²) >= 11 is 0. The average Bonchev–Trinajstić information content (AvgIpc) is 2.72. The molecule has 0 amide bonds. The Morgan fingerprint density at radius 1 is 0.962 bits per heavy atom. The number of nitrogens with zero attached hydrogens (tertiary/aromatic N) is 2. The third kappa shape index (κ3) is 4.18. The maximum Gasteiger partial charge on any atom is 0.221 e. The van der Waals surface area contributed by atoms with Crippen LogP contribution in [0.5, 0.6) is 11.8 Å². The van der Waals surface area contributed by atoms with E-state index in [1.807, 2.05) is 24.4 Å². The van der Waals surface area contributed by atoms with Crippen LogP contribution < -0.4 is 14.8 Å². The molecule has 0 saturated heterocycles. The van der Waals surface area contributed by atoms with Crippen molar-refractivity contribution in [2.24, 2.45) is 0 Å². The van der Waals surface area contributed by atoms with E-state index in [2.05, 4.69) is 52.5 Å². The predicted octanol–water partition coefficient (Wildman–Crippen LogP) is 4.01. The Balaban J connectivity index is 1.78. The van der Waals surface area contributed by atoms with E-state index in [1.54, 1.807) is 20.4 Å². The van der Waals surface area contributed by atoms with Crippen LogP contribution in [-0.2, 0) is 6.54 Å². The Labute approximate surface area is 154 Å². The van der Waals surface area contributed by atoms with Crippen LogP contribution in [0, 0.1) is 0 Å². The predicted molar refractivity (Wildman–Crippen MR) is 102 cm³/mol. The van der Waals surface area contributed by atoms with Gasteiger partial charge in [0, 0.05) is 42.2 Å². The van der Waals surface area contributed by atoms with Crippen molar-refractivity contribution in [1.29, 1.82) is 0 Å². The van der Waals surface area contributed by atoms with Gasteiger partial charge in [-0.15, -0.1) is 0 Å². The van der Waals surface area contributed by atoms with Crippen molar-refractivity contribution < 1.29 is 9.47 Å². The lowest BCUT2D eigenvalue weighted by Crippen LogP contribution is -2.18. The van der Waals surface area contributed by atoms with Gasteiger partial charge in [0.25, 0.3) is 0 Å². The Morgan fingerprint density at radius 3 is 2.42 bits per heavy atom. The Kier molecular flexibility index (Phi) is 5.81. The van der Waals surface area contributed by atoms with Crippen LogP contribution in [0.3, 0.4) is 0 Å². The molecular weight excluding hydrogens is 326 g/mol. The number of benzene rings is 1. The van der Waals surface area contributed by atoms with Crippen molar-refractivity contribution in [2.75, 3.05) is 14.2 Å². The highest BCUT2D eigenvalue weighted by molar-refractivity contribution is 5.68. The van der Waals surface area contributed by atoms with Crippen molar-refractivity contribution in [3.05, 3.63) is 72.1 Å². The van der Waals surface area contributed by atoms with Crippen LogP contribution in [0.25, 0.3) is 11.1 Å². The normalized spacial score (nSPS) is 11.8. The van der Waals surface area contributed by atoms with E-state index in [-0.39, 0.29) is 6.04 Å². The highest BCUT2D eigenvalue weighted by atomic mass is 16.5. The number of hydrogen-bond acceptors (Lipinski definition) is 5. The smallest absolute Gasteiger partial charge is 0.221 e. The van der Waals surface area contributed by atoms with Crippen LogP contribution in [-0.4, -0.2) is 24.2 Å². The van der Waals surface area contributed by atoms with Gasteiger partial charge in [0.2, 0.25) is 11.8 Å². The van der Waals surface area contributed by atoms with Gasteiger partial charge in [-0.1, -0.05) is 30.3 Å². The molecule has 134 valence electrons. The molecule has 5 heteroatoms. The van der Waals surface area contributed by atoms with Crippen molar-refractivity contribution in [3.8, 4) is 22.9 Å². The lowest BCUT2D eigenvalue weighted by Gasteiger charge is -2.15. The summed E-state index contributed by atoms with van der Waals surface area (Å²) in [5.41, 5.74) is 4.19. The number of pyridine rings is 2. The fourth-order valence-corrected chi connectivity index (χ4v) is 2.75. The summed E-state index contributed by atoms with van der Waals surface area (Å²) < 4.78 is 10.5. The lowest BCUT2D eigenvalue weighted by atomic mass is 10.1. The zero-order chi connectivity index (χ0) is 18.4. The first kappa shape index (κ1) is 17.9. The SMILES string of the molecule is COc1ccc(-c2cc(CN[C@H](C)c3ccccc3)cnc2OC)cn1. The molecule has 1 N–H and O–H groups in total. The van der Waals surface area contributed by atoms with Crippen LogP contribution in [0.15, 0.2) is 60.9 Å². The van der Waals surface area contributed by atoms with Crippen LogP contribution in [0.4, 0.5) is 0 Å². The number of methoxy groups -OCH3 is 2. The first-order chi connectivity index (χ1) is 12.7. The van der Waals surface area contributed by atoms with Gasteiger partial charge in [-0.05, 0) is 30.2 Å². The molecule has 0 radical (unpaired) electrons. The molecule has 0 unspecified atom stereocenters. The molecule has 2 aromatic heterocycles. The number of hydrogen-bond donors (Lipinski definition) is 1. The summed E-state index contributed by atoms with van der Waals surface area (Å²) in [4.78, 5) is 8.72. The van der Waals surface area contributed by atoms with Crippen molar-refractivity contribution in [1.82, 2.24) is 15.3 Å². The Morgan fingerprint density at radius 2 is 1.77 bits per heavy atom. The van der Waals surface area contributed by atoms with E-state index in [4.69, 9.17) is 9.47 Å². The minimum absolute atomic E-state index is 0.254. The van der Waals surface area contributed by atoms with Gasteiger partial charge in [0.1, 0.15) is 0 Å². The summed E-state index contributed by atoms with van der Waals surface area (Å²) in [7, 11) is 3.22. The highest BCUT2D eigenvalue weighted by Crippen LogP contribution is 2.29. The first-order valence-corrected chi connectivity index (χ1v) is 8.53. The second-order valence-electron chi connectivity index (χ2n) is 6.00. The first-order valence-electron chi connectivity index (χ1n) is 8.53. The molecule has 3 rings (SSSR count). The largest absolute Gasteiger partial charge is 0.481 e. The summed E-state index contributed by atoms with van der Waals surface area (Å²) in [5, 5.41) is 3.53. The molecule has 1 aromatic carbocycles. The molecule has 0 spiro atoms. The molecule has 0 aliphatic heterocycles. The molecule has 26 heavy (non-hydrogen) atoms. The van der Waals surface area contributed by atoms with Gasteiger partial charge < -0.3 is 14.8 Å². The lowest BCUT2D eigenvalue weighted by molar-refractivity contribution is 0.396. The molecule has 3 aromatic rings. The minimum Gasteiger partial charge on any atom is -0.481 e. The number of nitrogens with one attached hydrogen (secondary N) is 1. The third-order valence-electron chi connectivity index (χ3n) is 4.27. The molecule has 5 nitrogen and oxygen atoms in total. The maximum absolute atomic E-state index is 5.42. The summed E-state index contributed by atoms with van der Waals surface area (Å²) in [6.45, 7) is 2.87. The summed E-state index contributed by atoms with van der Waals surface area (Å²) in [6, 6.07) is 16.5. The molecule has 0 bridgehead atoms. The zero-order valence-electron chi connectivity index (χ0n) is 15.3. The van der Waals surface area contributed by atoms with Gasteiger partial charge in [-0.2, -0.15) is 0 Å². The van der Waals surface area contributed by atoms with Crippen molar-refractivity contribution in [3.63, 3.8) is 0 Å². The average molecular weight is 349 g/mol. The van der Waals surface area contributed by atoms with E-state index in [1.165, 1.54) is 5.56 Å². The molecule has 0 aliphatic rings. The fourth-order valence-electron chi connectivity index (χ4n) is 2.75. The van der Waals surface area contributed by atoms with Crippen molar-refractivity contribution >= 4 is 0 Å². The molecule has 1 atom stereocenters. The van der Waals surface area contributed by atoms with Crippen LogP contribution in [0.2, 0.25) is 0 Å². The second-order valence-corrected chi connectivity index (χ2v) is 6.00. The number of aromatic nitrogens is 2. The Bertz CT molecular complexity index is 836. The van der Waals surface area contributed by atoms with E-state index in [0.717, 1.165) is 16.7 Å². The quantitative estimate of drug-likeness (QED) is 0.698. The van der Waals surface area contributed by atoms with Crippen LogP contribution in [0.1, 0.15) is 24.1 Å². The summed E-state index contributed by atoms with van der Waals surface area (Å²) in [6.07, 6.45) is 3.60. The standard InChI is InChI=1S/C21H23N3O2/c1-15(17-7-5-4-6-8-17)22-12-16-11-19(21(26-3)24-13-16)18-9-10-20(25-2)23-14-18/h4-11,13-15,22H,12H2,1-3H3/t15-/m1/s1. The monoisotopic (exact) mass is 349 g/mol. The van der Waals surface area contributed by atoms with E-state index in [9.17, 15) is 0 Å². The van der Waals surface area contributed by atoms with E-state index in [0.29, 0.717) is 18.3 Å². The molecule has 0 fully saturated rings. The van der Waals surface area contributed by atoms with E-state index < -0.39 is 0 Å². The fraction of sp³-hybridized carbons (Fsp3) is 0.238. The highest BCUT2D eigenvalue weighted by Gasteiger charge is 2.11. The molecule has 0 saturated carbocycles. The molecule has 0 aliphatic carbocycles.